The Morgan fingerprint density at radius 3 is 2.74 bits per heavy atom. The van der Waals surface area contributed by atoms with Gasteiger partial charge in [-0.15, -0.1) is 0 Å². The van der Waals surface area contributed by atoms with Gasteiger partial charge in [0.05, 0.1) is 10.8 Å². The molecule has 128 valence electrons. The average Bonchev–Trinajstić information content (AvgIpc) is 3.05. The quantitative estimate of drug-likeness (QED) is 0.567. The van der Waals surface area contributed by atoms with Crippen molar-refractivity contribution >= 4 is 17.9 Å². The molecule has 2 aliphatic carbocycles. The standard InChI is InChI=1S/C17H24O6/c1-5-16(2,3)14(19)21-8-11(18)22-12-9-6-10-13(12)23-15(20)17(10,4)7-9/h9-10,12-13H,5-8H2,1-4H3. The minimum absolute atomic E-state index is 0.138. The Balaban J connectivity index is 1.55. The van der Waals surface area contributed by atoms with Crippen LogP contribution in [0.2, 0.25) is 0 Å². The molecule has 5 unspecified atom stereocenters. The Morgan fingerprint density at radius 1 is 1.39 bits per heavy atom. The average molecular weight is 324 g/mol. The Kier molecular flexibility index (Phi) is 3.69. The smallest absolute Gasteiger partial charge is 0.344 e. The van der Waals surface area contributed by atoms with Gasteiger partial charge < -0.3 is 14.2 Å². The fourth-order valence-electron chi connectivity index (χ4n) is 4.07. The van der Waals surface area contributed by atoms with E-state index in [9.17, 15) is 14.4 Å². The number of hydrogen-bond donors (Lipinski definition) is 0. The summed E-state index contributed by atoms with van der Waals surface area (Å²) in [6, 6.07) is 0. The zero-order valence-corrected chi connectivity index (χ0v) is 14.1. The molecule has 0 N–H and O–H groups in total. The van der Waals surface area contributed by atoms with Gasteiger partial charge in [0.1, 0.15) is 12.2 Å². The van der Waals surface area contributed by atoms with Crippen LogP contribution in [0.1, 0.15) is 47.0 Å². The van der Waals surface area contributed by atoms with Crippen molar-refractivity contribution in [2.45, 2.75) is 59.2 Å². The summed E-state index contributed by atoms with van der Waals surface area (Å²) in [5.41, 5.74) is -1.02. The lowest BCUT2D eigenvalue weighted by molar-refractivity contribution is -0.172. The van der Waals surface area contributed by atoms with Crippen LogP contribution in [0.4, 0.5) is 0 Å². The first-order chi connectivity index (χ1) is 10.7. The van der Waals surface area contributed by atoms with Gasteiger partial charge in [-0.1, -0.05) is 6.92 Å². The molecule has 0 aromatic rings. The van der Waals surface area contributed by atoms with Crippen LogP contribution < -0.4 is 0 Å². The number of hydrogen-bond acceptors (Lipinski definition) is 6. The van der Waals surface area contributed by atoms with Crippen LogP contribution >= 0.6 is 0 Å². The Morgan fingerprint density at radius 2 is 2.09 bits per heavy atom. The highest BCUT2D eigenvalue weighted by atomic mass is 16.6. The molecule has 6 nitrogen and oxygen atoms in total. The van der Waals surface area contributed by atoms with E-state index in [2.05, 4.69) is 0 Å². The zero-order chi connectivity index (χ0) is 17.0. The Hall–Kier alpha value is -1.59. The van der Waals surface area contributed by atoms with E-state index in [1.54, 1.807) is 13.8 Å². The Labute approximate surface area is 135 Å². The van der Waals surface area contributed by atoms with Crippen LogP contribution in [-0.4, -0.2) is 36.7 Å². The number of carbonyl (C=O) groups excluding carboxylic acids is 3. The molecule has 6 heteroatoms. The maximum Gasteiger partial charge on any atom is 0.344 e. The molecule has 3 aliphatic rings. The van der Waals surface area contributed by atoms with Crippen LogP contribution in [0.5, 0.6) is 0 Å². The predicted octanol–water partition coefficient (Wildman–Crippen LogP) is 1.85. The van der Waals surface area contributed by atoms with Crippen molar-refractivity contribution in [3.05, 3.63) is 0 Å². The van der Waals surface area contributed by atoms with Crippen molar-refractivity contribution in [1.29, 1.82) is 0 Å². The van der Waals surface area contributed by atoms with E-state index in [0.717, 1.165) is 6.42 Å². The lowest BCUT2D eigenvalue weighted by Gasteiger charge is -2.29. The van der Waals surface area contributed by atoms with Gasteiger partial charge >= 0.3 is 17.9 Å². The minimum Gasteiger partial charge on any atom is -0.458 e. The molecule has 0 aromatic heterocycles. The predicted molar refractivity (Wildman–Crippen MR) is 79.1 cm³/mol. The highest BCUT2D eigenvalue weighted by molar-refractivity contribution is 5.82. The number of ether oxygens (including phenoxy) is 3. The molecule has 1 aliphatic heterocycles. The summed E-state index contributed by atoms with van der Waals surface area (Å²) in [6.45, 7) is 6.98. The molecule has 3 rings (SSSR count). The first-order valence-corrected chi connectivity index (χ1v) is 8.27. The number of esters is 3. The molecule has 0 amide bonds. The normalized spacial score (nSPS) is 37.7. The Bertz CT molecular complexity index is 553. The lowest BCUT2D eigenvalue weighted by Crippen LogP contribution is -2.40. The van der Waals surface area contributed by atoms with Crippen molar-refractivity contribution < 1.29 is 28.6 Å². The van der Waals surface area contributed by atoms with Crippen LogP contribution in [0.3, 0.4) is 0 Å². The second-order valence-corrected chi connectivity index (χ2v) is 7.86. The minimum atomic E-state index is -0.616. The lowest BCUT2D eigenvalue weighted by atomic mass is 9.75. The first-order valence-electron chi connectivity index (χ1n) is 8.27. The van der Waals surface area contributed by atoms with Crippen molar-refractivity contribution in [1.82, 2.24) is 0 Å². The maximum atomic E-state index is 12.0. The second kappa shape index (κ2) is 5.21. The zero-order valence-electron chi connectivity index (χ0n) is 14.1. The molecular formula is C17H24O6. The summed E-state index contributed by atoms with van der Waals surface area (Å²) in [6.07, 6.45) is 1.45. The first kappa shape index (κ1) is 16.3. The fraction of sp³-hybridized carbons (Fsp3) is 0.824. The van der Waals surface area contributed by atoms with E-state index in [-0.39, 0.29) is 23.9 Å². The molecular weight excluding hydrogens is 300 g/mol. The summed E-state index contributed by atoms with van der Waals surface area (Å²) in [4.78, 5) is 35.8. The molecule has 0 aromatic carbocycles. The van der Waals surface area contributed by atoms with Crippen molar-refractivity contribution in [2.75, 3.05) is 6.61 Å². The van der Waals surface area contributed by atoms with Crippen molar-refractivity contribution in [2.24, 2.45) is 22.7 Å². The van der Waals surface area contributed by atoms with Gasteiger partial charge in [0.15, 0.2) is 6.61 Å². The van der Waals surface area contributed by atoms with Gasteiger partial charge in [0.25, 0.3) is 0 Å². The molecule has 23 heavy (non-hydrogen) atoms. The van der Waals surface area contributed by atoms with Crippen LogP contribution in [-0.2, 0) is 28.6 Å². The third-order valence-electron chi connectivity index (χ3n) is 5.98. The summed E-state index contributed by atoms with van der Waals surface area (Å²) >= 11 is 0. The highest BCUT2D eigenvalue weighted by Crippen LogP contribution is 2.62. The van der Waals surface area contributed by atoms with Gasteiger partial charge in [-0.2, -0.15) is 0 Å². The van der Waals surface area contributed by atoms with Crippen LogP contribution in [0.15, 0.2) is 0 Å². The molecule has 5 atom stereocenters. The van der Waals surface area contributed by atoms with E-state index in [0.29, 0.717) is 12.8 Å². The van der Waals surface area contributed by atoms with Crippen LogP contribution in [0.25, 0.3) is 0 Å². The summed E-state index contributed by atoms with van der Waals surface area (Å²) in [5.74, 6) is -0.866. The van der Waals surface area contributed by atoms with E-state index < -0.39 is 35.5 Å². The van der Waals surface area contributed by atoms with Gasteiger partial charge in [0, 0.05) is 11.8 Å². The largest absolute Gasteiger partial charge is 0.458 e. The molecule has 0 spiro atoms. The number of fused-ring (bicyclic) bond motifs is 1. The van der Waals surface area contributed by atoms with Crippen molar-refractivity contribution in [3.63, 3.8) is 0 Å². The SMILES string of the molecule is CCC(C)(C)C(=O)OCC(=O)OC1C2CC3C1OC(=O)C3(C)C2. The second-order valence-electron chi connectivity index (χ2n) is 7.86. The topological polar surface area (TPSA) is 78.9 Å². The van der Waals surface area contributed by atoms with E-state index in [1.165, 1.54) is 0 Å². The maximum absolute atomic E-state index is 12.0. The van der Waals surface area contributed by atoms with E-state index >= 15 is 0 Å². The molecule has 3 fully saturated rings. The summed E-state index contributed by atoms with van der Waals surface area (Å²) < 4.78 is 16.0. The summed E-state index contributed by atoms with van der Waals surface area (Å²) in [7, 11) is 0. The number of rotatable bonds is 5. The van der Waals surface area contributed by atoms with Gasteiger partial charge in [-0.3, -0.25) is 9.59 Å². The summed E-state index contributed by atoms with van der Waals surface area (Å²) in [5, 5.41) is 0. The fourth-order valence-corrected chi connectivity index (χ4v) is 4.07. The highest BCUT2D eigenvalue weighted by Gasteiger charge is 2.69. The molecule has 1 heterocycles. The third kappa shape index (κ3) is 2.42. The van der Waals surface area contributed by atoms with Gasteiger partial charge in [-0.25, -0.2) is 4.79 Å². The van der Waals surface area contributed by atoms with Gasteiger partial charge in [-0.05, 0) is 40.0 Å². The van der Waals surface area contributed by atoms with Gasteiger partial charge in [0.2, 0.25) is 0 Å². The molecule has 1 saturated heterocycles. The molecule has 2 saturated carbocycles. The third-order valence-corrected chi connectivity index (χ3v) is 5.98. The van der Waals surface area contributed by atoms with Crippen molar-refractivity contribution in [3.8, 4) is 0 Å². The molecule has 0 radical (unpaired) electrons. The van der Waals surface area contributed by atoms with E-state index in [1.807, 2.05) is 13.8 Å². The van der Waals surface area contributed by atoms with Crippen LogP contribution in [0, 0.1) is 22.7 Å². The van der Waals surface area contributed by atoms with E-state index in [4.69, 9.17) is 14.2 Å². The molecule has 2 bridgehead atoms. The number of carbonyl (C=O) groups is 3. The monoisotopic (exact) mass is 324 g/mol.